The van der Waals surface area contributed by atoms with Gasteiger partial charge in [0.1, 0.15) is 5.56 Å². The fraction of sp³-hybridized carbons (Fsp3) is 0.231. The number of aromatic hydroxyl groups is 1. The summed E-state index contributed by atoms with van der Waals surface area (Å²) in [5.41, 5.74) is 0.189. The molecule has 0 unspecified atom stereocenters. The lowest BCUT2D eigenvalue weighted by molar-refractivity contribution is -0.386. The normalized spacial score (nSPS) is 13.5. The molecule has 3 rings (SSSR count). The van der Waals surface area contributed by atoms with Crippen molar-refractivity contribution >= 4 is 39.8 Å². The fourth-order valence-corrected chi connectivity index (χ4v) is 4.27. The standard InChI is InChI=1S/C13H11N3O4S2/c17-9-3-1-2-7(11(9)16(19)20)12(18)15-13-14-8-4-5-21-6-10(8)22-13/h1-3,17H,4-6H2,(H,14,15,18). The van der Waals surface area contributed by atoms with Crippen LogP contribution in [0.3, 0.4) is 0 Å². The highest BCUT2D eigenvalue weighted by Gasteiger charge is 2.25. The summed E-state index contributed by atoms with van der Waals surface area (Å²) in [4.78, 5) is 28.0. The van der Waals surface area contributed by atoms with Gasteiger partial charge in [-0.1, -0.05) is 6.07 Å². The summed E-state index contributed by atoms with van der Waals surface area (Å²) in [6, 6.07) is 3.87. The summed E-state index contributed by atoms with van der Waals surface area (Å²) in [6.45, 7) is 0. The maximum Gasteiger partial charge on any atom is 0.323 e. The molecule has 0 radical (unpaired) electrons. The summed E-state index contributed by atoms with van der Waals surface area (Å²) < 4.78 is 0. The van der Waals surface area contributed by atoms with E-state index in [-0.39, 0.29) is 5.56 Å². The zero-order valence-electron chi connectivity index (χ0n) is 11.2. The van der Waals surface area contributed by atoms with Crippen LogP contribution in [0.1, 0.15) is 20.9 Å². The zero-order chi connectivity index (χ0) is 15.7. The van der Waals surface area contributed by atoms with Crippen molar-refractivity contribution in [3.8, 4) is 5.75 Å². The van der Waals surface area contributed by atoms with Gasteiger partial charge in [-0.2, -0.15) is 11.8 Å². The molecule has 0 bridgehead atoms. The van der Waals surface area contributed by atoms with E-state index in [2.05, 4.69) is 10.3 Å². The first-order valence-corrected chi connectivity index (χ1v) is 8.37. The number of benzene rings is 1. The molecule has 2 aromatic rings. The average Bonchev–Trinajstić information content (AvgIpc) is 2.88. The smallest absolute Gasteiger partial charge is 0.323 e. The number of para-hydroxylation sites is 1. The SMILES string of the molecule is O=C(Nc1nc2c(s1)CSCC2)c1cccc(O)c1[N+](=O)[O-]. The van der Waals surface area contributed by atoms with E-state index in [4.69, 9.17) is 0 Å². The number of carbonyl (C=O) groups is 1. The van der Waals surface area contributed by atoms with Gasteiger partial charge in [0.05, 0.1) is 10.6 Å². The van der Waals surface area contributed by atoms with Crippen LogP contribution < -0.4 is 5.32 Å². The van der Waals surface area contributed by atoms with Crippen molar-refractivity contribution in [2.24, 2.45) is 0 Å². The summed E-state index contributed by atoms with van der Waals surface area (Å²) in [5.74, 6) is 0.686. The second-order valence-corrected chi connectivity index (χ2v) is 6.76. The van der Waals surface area contributed by atoms with E-state index in [1.54, 1.807) is 0 Å². The number of aryl methyl sites for hydroxylation is 1. The summed E-state index contributed by atoms with van der Waals surface area (Å²) in [5, 5.41) is 23.6. The van der Waals surface area contributed by atoms with Crippen molar-refractivity contribution in [1.29, 1.82) is 0 Å². The largest absolute Gasteiger partial charge is 0.502 e. The van der Waals surface area contributed by atoms with Crippen molar-refractivity contribution < 1.29 is 14.8 Å². The number of fused-ring (bicyclic) bond motifs is 1. The lowest BCUT2D eigenvalue weighted by Crippen LogP contribution is -2.14. The van der Waals surface area contributed by atoms with Gasteiger partial charge in [-0.15, -0.1) is 11.3 Å². The summed E-state index contributed by atoms with van der Waals surface area (Å²) in [6.07, 6.45) is 0.860. The number of hydrogen-bond donors (Lipinski definition) is 2. The molecule has 2 heterocycles. The minimum atomic E-state index is -0.770. The molecule has 2 N–H and O–H groups in total. The van der Waals surface area contributed by atoms with E-state index in [9.17, 15) is 20.0 Å². The molecule has 1 aromatic heterocycles. The van der Waals surface area contributed by atoms with Crippen molar-refractivity contribution in [3.63, 3.8) is 0 Å². The number of aromatic nitrogens is 1. The number of amides is 1. The number of phenols is 1. The number of nitrogens with zero attached hydrogens (tertiary/aromatic N) is 2. The number of phenolic OH excluding ortho intramolecular Hbond substituents is 1. The van der Waals surface area contributed by atoms with Gasteiger partial charge >= 0.3 is 5.69 Å². The Bertz CT molecular complexity index is 736. The Hall–Kier alpha value is -2.13. The van der Waals surface area contributed by atoms with Gasteiger partial charge < -0.3 is 5.11 Å². The Morgan fingerprint density at radius 1 is 1.45 bits per heavy atom. The molecule has 1 amide bonds. The first-order valence-electron chi connectivity index (χ1n) is 6.40. The first kappa shape index (κ1) is 14.8. The van der Waals surface area contributed by atoms with Crippen LogP contribution in [0.2, 0.25) is 0 Å². The highest BCUT2D eigenvalue weighted by molar-refractivity contribution is 7.98. The number of rotatable bonds is 3. The van der Waals surface area contributed by atoms with Gasteiger partial charge in [-0.05, 0) is 24.3 Å². The third-order valence-corrected chi connectivity index (χ3v) is 5.34. The third kappa shape index (κ3) is 2.77. The van der Waals surface area contributed by atoms with Gasteiger partial charge in [0.15, 0.2) is 10.9 Å². The Labute approximate surface area is 133 Å². The number of carbonyl (C=O) groups excluding carboxylic acids is 1. The molecule has 0 spiro atoms. The molecular formula is C13H11N3O4S2. The Kier molecular flexibility index (Phi) is 3.99. The highest BCUT2D eigenvalue weighted by Crippen LogP contribution is 2.33. The first-order chi connectivity index (χ1) is 10.6. The van der Waals surface area contributed by atoms with Gasteiger partial charge in [0.2, 0.25) is 0 Å². The highest BCUT2D eigenvalue weighted by atomic mass is 32.2. The zero-order valence-corrected chi connectivity index (χ0v) is 12.9. The maximum atomic E-state index is 12.2. The second-order valence-electron chi connectivity index (χ2n) is 4.58. The lowest BCUT2D eigenvalue weighted by atomic mass is 10.1. The molecule has 1 aromatic carbocycles. The molecule has 1 aliphatic rings. The van der Waals surface area contributed by atoms with Gasteiger partial charge in [0.25, 0.3) is 5.91 Å². The van der Waals surface area contributed by atoms with E-state index >= 15 is 0 Å². The average molecular weight is 337 g/mol. The van der Waals surface area contributed by atoms with Crippen LogP contribution in [0.25, 0.3) is 0 Å². The predicted molar refractivity (Wildman–Crippen MR) is 84.7 cm³/mol. The van der Waals surface area contributed by atoms with Crippen LogP contribution in [0.15, 0.2) is 18.2 Å². The molecule has 0 saturated carbocycles. The number of hydrogen-bond acceptors (Lipinski definition) is 7. The number of anilines is 1. The van der Waals surface area contributed by atoms with Crippen molar-refractivity contribution in [2.45, 2.75) is 12.2 Å². The topological polar surface area (TPSA) is 105 Å². The van der Waals surface area contributed by atoms with Crippen molar-refractivity contribution in [1.82, 2.24) is 4.98 Å². The van der Waals surface area contributed by atoms with Crippen LogP contribution >= 0.6 is 23.1 Å². The number of nitro benzene ring substituents is 1. The monoisotopic (exact) mass is 337 g/mol. The van der Waals surface area contributed by atoms with Crippen molar-refractivity contribution in [2.75, 3.05) is 11.1 Å². The Morgan fingerprint density at radius 2 is 2.27 bits per heavy atom. The lowest BCUT2D eigenvalue weighted by Gasteiger charge is -2.06. The molecule has 22 heavy (non-hydrogen) atoms. The van der Waals surface area contributed by atoms with Crippen LogP contribution in [0.5, 0.6) is 5.75 Å². The molecule has 7 nitrogen and oxygen atoms in total. The molecule has 114 valence electrons. The summed E-state index contributed by atoms with van der Waals surface area (Å²) >= 11 is 3.19. The van der Waals surface area contributed by atoms with Crippen molar-refractivity contribution in [3.05, 3.63) is 44.4 Å². The molecule has 0 fully saturated rings. The van der Waals surface area contributed by atoms with Crippen LogP contribution in [0, 0.1) is 10.1 Å². The molecule has 0 atom stereocenters. The fourth-order valence-electron chi connectivity index (χ4n) is 2.15. The van der Waals surface area contributed by atoms with Crippen LogP contribution in [-0.4, -0.2) is 26.7 Å². The van der Waals surface area contributed by atoms with E-state index in [0.29, 0.717) is 5.13 Å². The second kappa shape index (κ2) is 5.93. The molecule has 0 saturated heterocycles. The number of thioether (sulfide) groups is 1. The Morgan fingerprint density at radius 3 is 3.00 bits per heavy atom. The molecule has 9 heteroatoms. The van der Waals surface area contributed by atoms with Gasteiger partial charge in [-0.3, -0.25) is 20.2 Å². The van der Waals surface area contributed by atoms with E-state index in [1.807, 2.05) is 11.8 Å². The molecule has 1 aliphatic heterocycles. The van der Waals surface area contributed by atoms with E-state index in [0.717, 1.165) is 28.5 Å². The van der Waals surface area contributed by atoms with Gasteiger partial charge in [-0.25, -0.2) is 4.98 Å². The van der Waals surface area contributed by atoms with Gasteiger partial charge in [0, 0.05) is 10.6 Å². The number of nitrogens with one attached hydrogen (secondary N) is 1. The molecule has 0 aliphatic carbocycles. The molecular weight excluding hydrogens is 326 g/mol. The maximum absolute atomic E-state index is 12.2. The number of nitro groups is 1. The quantitative estimate of drug-likeness (QED) is 0.659. The number of thiazole rings is 1. The summed E-state index contributed by atoms with van der Waals surface area (Å²) in [7, 11) is 0. The predicted octanol–water partition coefficient (Wildman–Crippen LogP) is 2.80. The van der Waals surface area contributed by atoms with Crippen LogP contribution in [0.4, 0.5) is 10.8 Å². The minimum absolute atomic E-state index is 0.187. The minimum Gasteiger partial charge on any atom is -0.502 e. The Balaban J connectivity index is 1.87. The van der Waals surface area contributed by atoms with E-state index in [1.165, 1.54) is 29.5 Å². The van der Waals surface area contributed by atoms with E-state index < -0.39 is 22.3 Å². The van der Waals surface area contributed by atoms with Crippen LogP contribution in [-0.2, 0) is 12.2 Å². The third-order valence-electron chi connectivity index (χ3n) is 3.16.